The topological polar surface area (TPSA) is 43.4 Å². The van der Waals surface area contributed by atoms with Gasteiger partial charge in [0.2, 0.25) is 0 Å². The molecule has 3 fully saturated rings. The fourth-order valence-electron chi connectivity index (χ4n) is 6.93. The van der Waals surface area contributed by atoms with Crippen molar-refractivity contribution in [3.05, 3.63) is 11.6 Å². The van der Waals surface area contributed by atoms with Crippen molar-refractivity contribution in [2.24, 2.45) is 35.0 Å². The summed E-state index contributed by atoms with van der Waals surface area (Å²) in [6.45, 7) is 6.30. The van der Waals surface area contributed by atoms with Crippen molar-refractivity contribution >= 4 is 11.8 Å². The van der Waals surface area contributed by atoms with E-state index in [1.807, 2.05) is 6.08 Å². The minimum Gasteiger partial charge on any atom is -0.462 e. The zero-order chi connectivity index (χ0) is 17.1. The van der Waals surface area contributed by atoms with Gasteiger partial charge >= 0.3 is 5.97 Å². The number of carbonyl (C=O) groups is 2. The van der Waals surface area contributed by atoms with Crippen LogP contribution in [-0.4, -0.2) is 17.9 Å². The van der Waals surface area contributed by atoms with E-state index in [2.05, 4.69) is 13.8 Å². The predicted molar refractivity (Wildman–Crippen MR) is 92.2 cm³/mol. The first kappa shape index (κ1) is 16.4. The summed E-state index contributed by atoms with van der Waals surface area (Å²) in [4.78, 5) is 23.4. The molecule has 0 heterocycles. The molecule has 24 heavy (non-hydrogen) atoms. The summed E-state index contributed by atoms with van der Waals surface area (Å²) in [5.74, 6) is 3.64. The van der Waals surface area contributed by atoms with Crippen molar-refractivity contribution in [3.63, 3.8) is 0 Å². The number of allylic oxidation sites excluding steroid dienone is 1. The summed E-state index contributed by atoms with van der Waals surface area (Å²) >= 11 is 0. The van der Waals surface area contributed by atoms with Gasteiger partial charge in [0.15, 0.2) is 5.78 Å². The Morgan fingerprint density at radius 2 is 2.04 bits per heavy atom. The van der Waals surface area contributed by atoms with Crippen LogP contribution in [0.5, 0.6) is 0 Å². The fourth-order valence-corrected chi connectivity index (χ4v) is 6.93. The molecule has 4 aliphatic carbocycles. The second-order valence-corrected chi connectivity index (χ2v) is 9.08. The Labute approximate surface area is 145 Å². The second-order valence-electron chi connectivity index (χ2n) is 9.08. The molecule has 0 saturated heterocycles. The molecule has 3 heteroatoms. The molecule has 0 bridgehead atoms. The molecule has 7 atom stereocenters. The number of carbonyl (C=O) groups excluding carboxylic acids is 2. The lowest BCUT2D eigenvalue weighted by Crippen LogP contribution is -2.50. The molecular formula is C21H30O3. The molecule has 0 N–H and O–H groups in total. The molecule has 4 unspecified atom stereocenters. The molecule has 0 amide bonds. The van der Waals surface area contributed by atoms with Crippen LogP contribution in [0.4, 0.5) is 0 Å². The van der Waals surface area contributed by atoms with Gasteiger partial charge < -0.3 is 4.74 Å². The number of fused-ring (bicyclic) bond motifs is 5. The van der Waals surface area contributed by atoms with Crippen molar-refractivity contribution < 1.29 is 14.3 Å². The molecule has 4 rings (SSSR count). The standard InChI is InChI=1S/C21H30O3/c1-12-10-14-11-15(23)4-5-16(14)17-8-9-21(3)18(20(12)17)6-7-19(21)24-13(2)22/h11-12,16-20H,4-10H2,1-3H3/t12-,16?,17?,18?,19-,20?,21-/m0/s1. The summed E-state index contributed by atoms with van der Waals surface area (Å²) in [7, 11) is 0. The van der Waals surface area contributed by atoms with E-state index in [1.165, 1.54) is 24.8 Å². The van der Waals surface area contributed by atoms with E-state index >= 15 is 0 Å². The van der Waals surface area contributed by atoms with E-state index in [0.717, 1.165) is 37.5 Å². The number of hydrogen-bond donors (Lipinski definition) is 0. The number of esters is 1. The van der Waals surface area contributed by atoms with Crippen LogP contribution in [0.3, 0.4) is 0 Å². The van der Waals surface area contributed by atoms with Gasteiger partial charge in [-0.1, -0.05) is 19.4 Å². The molecule has 0 aliphatic heterocycles. The lowest BCUT2D eigenvalue weighted by molar-refractivity contribution is -0.157. The van der Waals surface area contributed by atoms with E-state index in [9.17, 15) is 9.59 Å². The van der Waals surface area contributed by atoms with Gasteiger partial charge in [0.25, 0.3) is 0 Å². The van der Waals surface area contributed by atoms with Crippen LogP contribution in [0.15, 0.2) is 11.6 Å². The smallest absolute Gasteiger partial charge is 0.302 e. The largest absolute Gasteiger partial charge is 0.462 e. The molecule has 0 spiro atoms. The normalized spacial score (nSPS) is 47.3. The molecule has 3 nitrogen and oxygen atoms in total. The van der Waals surface area contributed by atoms with Crippen LogP contribution in [-0.2, 0) is 14.3 Å². The van der Waals surface area contributed by atoms with Crippen LogP contribution < -0.4 is 0 Å². The summed E-state index contributed by atoms with van der Waals surface area (Å²) in [5, 5.41) is 0. The Kier molecular flexibility index (Phi) is 3.89. The highest BCUT2D eigenvalue weighted by atomic mass is 16.5. The molecule has 132 valence electrons. The quantitative estimate of drug-likeness (QED) is 0.673. The highest BCUT2D eigenvalue weighted by molar-refractivity contribution is 5.91. The van der Waals surface area contributed by atoms with Gasteiger partial charge in [-0.2, -0.15) is 0 Å². The van der Waals surface area contributed by atoms with E-state index < -0.39 is 0 Å². The molecule has 0 radical (unpaired) electrons. The van der Waals surface area contributed by atoms with Gasteiger partial charge in [-0.25, -0.2) is 0 Å². The lowest BCUT2D eigenvalue weighted by atomic mass is 9.49. The zero-order valence-corrected chi connectivity index (χ0v) is 15.2. The molecular weight excluding hydrogens is 300 g/mol. The molecule has 3 saturated carbocycles. The van der Waals surface area contributed by atoms with Gasteiger partial charge in [0.05, 0.1) is 0 Å². The first-order chi connectivity index (χ1) is 11.4. The maximum absolute atomic E-state index is 11.8. The maximum atomic E-state index is 11.8. The fraction of sp³-hybridized carbons (Fsp3) is 0.810. The second kappa shape index (κ2) is 5.71. The summed E-state index contributed by atoms with van der Waals surface area (Å²) in [5.41, 5.74) is 1.60. The molecule has 0 aromatic carbocycles. The van der Waals surface area contributed by atoms with Crippen LogP contribution >= 0.6 is 0 Å². The van der Waals surface area contributed by atoms with Crippen molar-refractivity contribution in [3.8, 4) is 0 Å². The number of hydrogen-bond acceptors (Lipinski definition) is 3. The summed E-state index contributed by atoms with van der Waals surface area (Å²) in [6, 6.07) is 0. The number of ether oxygens (including phenoxy) is 1. The van der Waals surface area contributed by atoms with Crippen LogP contribution in [0.1, 0.15) is 65.7 Å². The average Bonchev–Trinajstić information content (AvgIpc) is 2.83. The average molecular weight is 330 g/mol. The van der Waals surface area contributed by atoms with Crippen molar-refractivity contribution in [2.75, 3.05) is 0 Å². The van der Waals surface area contributed by atoms with Gasteiger partial charge in [-0.3, -0.25) is 9.59 Å². The third kappa shape index (κ3) is 2.38. The summed E-state index contributed by atoms with van der Waals surface area (Å²) < 4.78 is 5.72. The van der Waals surface area contributed by atoms with Crippen LogP contribution in [0.25, 0.3) is 0 Å². The lowest BCUT2D eigenvalue weighted by Gasteiger charge is -2.55. The first-order valence-corrected chi connectivity index (χ1v) is 9.80. The van der Waals surface area contributed by atoms with Gasteiger partial charge in [-0.05, 0) is 74.2 Å². The highest BCUT2D eigenvalue weighted by Crippen LogP contribution is 2.63. The molecule has 4 aliphatic rings. The minimum absolute atomic E-state index is 0.109. The van der Waals surface area contributed by atoms with E-state index in [1.54, 1.807) is 6.92 Å². The minimum atomic E-state index is -0.128. The van der Waals surface area contributed by atoms with Gasteiger partial charge in [-0.15, -0.1) is 0 Å². The van der Waals surface area contributed by atoms with Gasteiger partial charge in [0.1, 0.15) is 6.10 Å². The van der Waals surface area contributed by atoms with E-state index in [0.29, 0.717) is 23.5 Å². The Hall–Kier alpha value is -1.12. The van der Waals surface area contributed by atoms with Crippen molar-refractivity contribution in [1.29, 1.82) is 0 Å². The van der Waals surface area contributed by atoms with Crippen molar-refractivity contribution in [1.82, 2.24) is 0 Å². The molecule has 0 aromatic rings. The first-order valence-electron chi connectivity index (χ1n) is 9.80. The van der Waals surface area contributed by atoms with Crippen LogP contribution in [0.2, 0.25) is 0 Å². The number of rotatable bonds is 1. The highest BCUT2D eigenvalue weighted by Gasteiger charge is 2.58. The van der Waals surface area contributed by atoms with Crippen molar-refractivity contribution in [2.45, 2.75) is 71.8 Å². The Bertz CT molecular complexity index is 592. The van der Waals surface area contributed by atoms with E-state index in [4.69, 9.17) is 4.74 Å². The zero-order valence-electron chi connectivity index (χ0n) is 15.2. The maximum Gasteiger partial charge on any atom is 0.302 e. The van der Waals surface area contributed by atoms with Crippen LogP contribution in [0, 0.1) is 35.0 Å². The Balaban J connectivity index is 1.62. The predicted octanol–water partition coefficient (Wildman–Crippen LogP) is 4.31. The molecule has 0 aromatic heterocycles. The SMILES string of the molecule is CC(=O)O[C@H]1CCC2C3C(CC[C@@]21C)C1CCC(=O)C=C1C[C@@H]3C. The third-order valence-corrected chi connectivity index (χ3v) is 7.86. The monoisotopic (exact) mass is 330 g/mol. The number of ketones is 1. The Morgan fingerprint density at radius 1 is 1.25 bits per heavy atom. The van der Waals surface area contributed by atoms with Gasteiger partial charge in [0, 0.05) is 18.8 Å². The van der Waals surface area contributed by atoms with E-state index in [-0.39, 0.29) is 17.5 Å². The Morgan fingerprint density at radius 3 is 2.79 bits per heavy atom. The third-order valence-electron chi connectivity index (χ3n) is 7.86. The summed E-state index contributed by atoms with van der Waals surface area (Å²) in [6.07, 6.45) is 9.62.